The summed E-state index contributed by atoms with van der Waals surface area (Å²) < 4.78 is 36.6. The summed E-state index contributed by atoms with van der Waals surface area (Å²) in [5.41, 5.74) is 3.25. The van der Waals surface area contributed by atoms with Gasteiger partial charge in [0.25, 0.3) is 0 Å². The molecule has 0 aliphatic carbocycles. The fourth-order valence-corrected chi connectivity index (χ4v) is 1.01. The molecule has 0 bridgehead atoms. The normalized spacial score (nSPS) is 12.3. The fourth-order valence-electron chi connectivity index (χ4n) is 1.01. The maximum atomic E-state index is 11.6. The highest BCUT2D eigenvalue weighted by atomic mass is 19.1. The van der Waals surface area contributed by atoms with Gasteiger partial charge in [0.15, 0.2) is 11.8 Å². The van der Waals surface area contributed by atoms with E-state index in [1.807, 2.05) is 0 Å². The molecule has 15 heteroatoms. The standard InChI is InChI=1S/C10H18O5.C4H5BFNO3.C3H6FNO2/c1-9(2,3)14-7(11)13-8(12)15-10(4,5)6;5-4(10)7-2(1-6)3(8)9;4-1-2(5)3(6)7/h1-6H3;2H,1H2,(H,7,10)(H,8,9);2H,1,5H2,(H,6,7). The predicted molar refractivity (Wildman–Crippen MR) is 107 cm³/mol. The molecular weight excluding hydrogens is 441 g/mol. The predicted octanol–water partition coefficient (Wildman–Crippen LogP) is 1.53. The third kappa shape index (κ3) is 25.1. The highest BCUT2D eigenvalue weighted by Crippen LogP contribution is 2.11. The van der Waals surface area contributed by atoms with E-state index in [2.05, 4.69) is 18.3 Å². The molecule has 0 aromatic heterocycles. The van der Waals surface area contributed by atoms with Crippen LogP contribution in [0, 0.1) is 0 Å². The first-order chi connectivity index (χ1) is 14.3. The van der Waals surface area contributed by atoms with E-state index >= 15 is 0 Å². The number of rotatable bonds is 5. The molecule has 1 amide bonds. The number of nitrogens with two attached hydrogens (primary N) is 1. The van der Waals surface area contributed by atoms with Gasteiger partial charge in [0, 0.05) is 0 Å². The minimum atomic E-state index is -1.53. The first-order valence-electron chi connectivity index (χ1n) is 8.78. The number of aliphatic carboxylic acids is 2. The second-order valence-corrected chi connectivity index (χ2v) is 7.68. The third-order valence-electron chi connectivity index (χ3n) is 2.20. The highest BCUT2D eigenvalue weighted by molar-refractivity contribution is 6.57. The first kappa shape index (κ1) is 33.7. The molecule has 0 rings (SSSR count). The molecule has 0 aliphatic heterocycles. The van der Waals surface area contributed by atoms with Gasteiger partial charge in [-0.15, -0.1) is 0 Å². The molecule has 32 heavy (non-hydrogen) atoms. The number of amides is 1. The molecule has 2 radical (unpaired) electrons. The number of hydrogen-bond donors (Lipinski definition) is 4. The van der Waals surface area contributed by atoms with Crippen molar-refractivity contribution in [1.29, 1.82) is 0 Å². The zero-order valence-corrected chi connectivity index (χ0v) is 18.6. The Bertz CT molecular complexity index is 610. The fraction of sp³-hybridized carbons (Fsp3) is 0.706. The van der Waals surface area contributed by atoms with Crippen LogP contribution in [0.5, 0.6) is 0 Å². The van der Waals surface area contributed by atoms with E-state index in [1.54, 1.807) is 46.9 Å². The molecule has 0 aliphatic rings. The van der Waals surface area contributed by atoms with E-state index in [0.29, 0.717) is 0 Å². The van der Waals surface area contributed by atoms with Gasteiger partial charge in [-0.1, -0.05) is 0 Å². The van der Waals surface area contributed by atoms with Crippen LogP contribution in [0.4, 0.5) is 23.2 Å². The van der Waals surface area contributed by atoms with E-state index in [4.69, 9.17) is 19.7 Å². The van der Waals surface area contributed by atoms with Gasteiger partial charge in [-0.3, -0.25) is 9.59 Å². The Morgan fingerprint density at radius 1 is 0.875 bits per heavy atom. The van der Waals surface area contributed by atoms with Crippen molar-refractivity contribution in [2.75, 3.05) is 13.3 Å². The summed E-state index contributed by atoms with van der Waals surface area (Å²) in [5, 5.41) is 17.6. The number of alkyl halides is 2. The molecule has 5 N–H and O–H groups in total. The molecule has 0 spiro atoms. The van der Waals surface area contributed by atoms with Gasteiger partial charge < -0.3 is 35.5 Å². The van der Waals surface area contributed by atoms with Crippen molar-refractivity contribution in [3.63, 3.8) is 0 Å². The van der Waals surface area contributed by atoms with Crippen LogP contribution in [0.15, 0.2) is 0 Å². The molecule has 0 saturated heterocycles. The first-order valence-corrected chi connectivity index (χ1v) is 8.78. The molecule has 0 aromatic carbocycles. The molecular formula is C17H29BF2N2O10. The number of nitrogens with one attached hydrogen (secondary N) is 1. The summed E-state index contributed by atoms with van der Waals surface area (Å²) in [6, 6.07) is -2.88. The summed E-state index contributed by atoms with van der Waals surface area (Å²) in [4.78, 5) is 51.5. The second kappa shape index (κ2) is 15.8. The number of carboxylic acids is 2. The van der Waals surface area contributed by atoms with Gasteiger partial charge in [-0.05, 0) is 41.5 Å². The Morgan fingerprint density at radius 2 is 1.25 bits per heavy atom. The largest absolute Gasteiger partial charge is 0.519 e. The van der Waals surface area contributed by atoms with Gasteiger partial charge in [0.1, 0.15) is 30.6 Å². The van der Waals surface area contributed by atoms with E-state index < -0.39 is 66.7 Å². The van der Waals surface area contributed by atoms with Crippen molar-refractivity contribution in [3.8, 4) is 0 Å². The van der Waals surface area contributed by atoms with Gasteiger partial charge in [0.05, 0.1) is 0 Å². The van der Waals surface area contributed by atoms with Gasteiger partial charge in [-0.25, -0.2) is 23.2 Å². The van der Waals surface area contributed by atoms with E-state index in [1.165, 1.54) is 0 Å². The van der Waals surface area contributed by atoms with Crippen molar-refractivity contribution in [3.05, 3.63) is 0 Å². The minimum Gasteiger partial charge on any atom is -0.480 e. The van der Waals surface area contributed by atoms with Gasteiger partial charge >= 0.3 is 24.2 Å². The maximum absolute atomic E-state index is 11.6. The molecule has 0 fully saturated rings. The molecule has 0 aromatic rings. The topological polar surface area (TPSA) is 192 Å². The van der Waals surface area contributed by atoms with E-state index in [9.17, 15) is 32.8 Å². The zero-order valence-electron chi connectivity index (χ0n) is 18.6. The lowest BCUT2D eigenvalue weighted by Gasteiger charge is -2.20. The number of hydrogen-bond acceptors (Lipinski definition) is 9. The maximum Gasteiger partial charge on any atom is 0.519 e. The third-order valence-corrected chi connectivity index (χ3v) is 2.20. The van der Waals surface area contributed by atoms with Crippen LogP contribution >= 0.6 is 0 Å². The van der Waals surface area contributed by atoms with Crippen molar-refractivity contribution in [2.45, 2.75) is 64.8 Å². The quantitative estimate of drug-likeness (QED) is 0.259. The summed E-state index contributed by atoms with van der Waals surface area (Å²) in [7, 11) is 4.53. The lowest BCUT2D eigenvalue weighted by molar-refractivity contribution is -0.140. The van der Waals surface area contributed by atoms with Crippen molar-refractivity contribution >= 4 is 37.9 Å². The number of halogens is 2. The number of carboxylic acid groups (broad SMARTS) is 2. The Hall–Kier alpha value is -2.97. The van der Waals surface area contributed by atoms with Crippen LogP contribution in [0.3, 0.4) is 0 Å². The van der Waals surface area contributed by atoms with Crippen molar-refractivity contribution < 1.29 is 57.2 Å². The van der Waals surface area contributed by atoms with Crippen LogP contribution in [-0.2, 0) is 23.8 Å². The van der Waals surface area contributed by atoms with Crippen LogP contribution < -0.4 is 11.1 Å². The summed E-state index contributed by atoms with van der Waals surface area (Å²) in [5.74, 6) is -3.80. The second-order valence-electron chi connectivity index (χ2n) is 7.68. The van der Waals surface area contributed by atoms with Crippen LogP contribution in [0.1, 0.15) is 41.5 Å². The van der Waals surface area contributed by atoms with Gasteiger partial charge in [-0.2, -0.15) is 0 Å². The highest BCUT2D eigenvalue weighted by Gasteiger charge is 2.24. The smallest absolute Gasteiger partial charge is 0.480 e. The van der Waals surface area contributed by atoms with Crippen molar-refractivity contribution in [1.82, 2.24) is 5.32 Å². The lowest BCUT2D eigenvalue weighted by Crippen LogP contribution is -2.41. The summed E-state index contributed by atoms with van der Waals surface area (Å²) in [6.07, 6.45) is -2.12. The average Bonchev–Trinajstić information content (AvgIpc) is 2.55. The summed E-state index contributed by atoms with van der Waals surface area (Å²) >= 11 is 0. The number of carbonyl (C=O) groups excluding carboxylic acids is 3. The average molecular weight is 470 g/mol. The van der Waals surface area contributed by atoms with Crippen LogP contribution in [-0.4, -0.2) is 84.8 Å². The molecule has 0 heterocycles. The number of ether oxygens (including phenoxy) is 3. The molecule has 12 nitrogen and oxygen atoms in total. The molecule has 0 saturated carbocycles. The van der Waals surface area contributed by atoms with E-state index in [0.717, 1.165) is 0 Å². The van der Waals surface area contributed by atoms with E-state index in [-0.39, 0.29) is 0 Å². The lowest BCUT2D eigenvalue weighted by atomic mass is 10.1. The van der Waals surface area contributed by atoms with Crippen molar-refractivity contribution in [2.24, 2.45) is 5.73 Å². The van der Waals surface area contributed by atoms with Gasteiger partial charge in [0.2, 0.25) is 7.85 Å². The SMILES string of the molecule is CC(C)(C)OC(=O)OC(=O)OC(C)(C)C.NC(CF)C(=O)O.[B]C(=O)NC(CF)C(=O)O. The zero-order chi connectivity index (χ0) is 26.3. The molecule has 2 unspecified atom stereocenters. The number of carbonyl (C=O) groups is 5. The Kier molecular flexibility index (Phi) is 16.6. The molecule has 184 valence electrons. The molecule has 2 atom stereocenters. The van der Waals surface area contributed by atoms with Crippen LogP contribution in [0.25, 0.3) is 0 Å². The minimum absolute atomic E-state index is 0.695. The van der Waals surface area contributed by atoms with Crippen LogP contribution in [0.2, 0.25) is 0 Å². The Labute approximate surface area is 185 Å². The Morgan fingerprint density at radius 3 is 1.38 bits per heavy atom. The summed E-state index contributed by atoms with van der Waals surface area (Å²) in [6.45, 7) is 7.85. The monoisotopic (exact) mass is 470 g/mol. The Balaban J connectivity index is -0.000000427.